The second kappa shape index (κ2) is 8.58. The maximum absolute atomic E-state index is 12.0. The number of methoxy groups -OCH3 is 2. The number of amides is 1. The highest BCUT2D eigenvalue weighted by atomic mass is 16.5. The zero-order valence-electron chi connectivity index (χ0n) is 17.8. The molecule has 1 saturated heterocycles. The first-order chi connectivity index (χ1) is 15.0. The van der Waals surface area contributed by atoms with Gasteiger partial charge in [0, 0.05) is 38.2 Å². The number of benzene rings is 1. The molecule has 0 spiro atoms. The minimum Gasteiger partial charge on any atom is -0.493 e. The first-order valence-electron chi connectivity index (χ1n) is 10.1. The molecular formula is C21H25N7O3. The quantitative estimate of drug-likeness (QED) is 0.654. The molecule has 1 fully saturated rings. The summed E-state index contributed by atoms with van der Waals surface area (Å²) in [5.74, 6) is 2.16. The molecule has 2 N–H and O–H groups in total. The van der Waals surface area contributed by atoms with Crippen LogP contribution in [-0.4, -0.2) is 71.1 Å². The highest BCUT2D eigenvalue weighted by molar-refractivity contribution is 5.86. The summed E-state index contributed by atoms with van der Waals surface area (Å²) in [6, 6.07) is 5.57. The van der Waals surface area contributed by atoms with Crippen LogP contribution in [0.5, 0.6) is 11.5 Å². The molecule has 3 aromatic rings. The van der Waals surface area contributed by atoms with Crippen molar-refractivity contribution in [3.8, 4) is 22.8 Å². The van der Waals surface area contributed by atoms with Gasteiger partial charge in [-0.25, -0.2) is 9.97 Å². The molecule has 0 saturated carbocycles. The highest BCUT2D eigenvalue weighted by Crippen LogP contribution is 2.32. The van der Waals surface area contributed by atoms with Gasteiger partial charge in [0.2, 0.25) is 11.9 Å². The summed E-state index contributed by atoms with van der Waals surface area (Å²) < 4.78 is 10.7. The average molecular weight is 423 g/mol. The van der Waals surface area contributed by atoms with Crippen LogP contribution in [0.15, 0.2) is 24.4 Å². The predicted molar refractivity (Wildman–Crippen MR) is 117 cm³/mol. The van der Waals surface area contributed by atoms with Gasteiger partial charge < -0.3 is 25.0 Å². The van der Waals surface area contributed by atoms with Gasteiger partial charge in [0.25, 0.3) is 0 Å². The van der Waals surface area contributed by atoms with Gasteiger partial charge in [-0.2, -0.15) is 9.97 Å². The lowest BCUT2D eigenvalue weighted by atomic mass is 10.1. The number of hydrogen-bond acceptors (Lipinski definition) is 9. The molecule has 1 aliphatic rings. The van der Waals surface area contributed by atoms with E-state index in [1.807, 2.05) is 30.0 Å². The average Bonchev–Trinajstić information content (AvgIpc) is 2.82. The summed E-state index contributed by atoms with van der Waals surface area (Å²) in [7, 11) is 3.18. The van der Waals surface area contributed by atoms with Gasteiger partial charge in [-0.15, -0.1) is 0 Å². The Hall–Kier alpha value is -3.69. The van der Waals surface area contributed by atoms with Crippen molar-refractivity contribution in [2.24, 2.45) is 0 Å². The van der Waals surface area contributed by atoms with E-state index >= 15 is 0 Å². The van der Waals surface area contributed by atoms with E-state index < -0.39 is 0 Å². The Kier molecular flexibility index (Phi) is 5.70. The largest absolute Gasteiger partial charge is 0.493 e. The number of piperazine rings is 1. The summed E-state index contributed by atoms with van der Waals surface area (Å²) >= 11 is 0. The molecule has 1 aromatic carbocycles. The van der Waals surface area contributed by atoms with E-state index in [0.717, 1.165) is 5.56 Å². The molecule has 0 aliphatic carbocycles. The van der Waals surface area contributed by atoms with E-state index in [1.54, 1.807) is 20.4 Å². The van der Waals surface area contributed by atoms with Crippen LogP contribution in [0, 0.1) is 0 Å². The minimum atomic E-state index is 0.141. The highest BCUT2D eigenvalue weighted by Gasteiger charge is 2.24. The summed E-state index contributed by atoms with van der Waals surface area (Å²) in [6.45, 7) is 4.40. The third kappa shape index (κ3) is 4.00. The fourth-order valence-electron chi connectivity index (χ4n) is 3.66. The smallest absolute Gasteiger partial charge is 0.224 e. The molecule has 2 aromatic heterocycles. The number of nitrogens with two attached hydrogens (primary N) is 1. The lowest BCUT2D eigenvalue weighted by Gasteiger charge is -2.35. The van der Waals surface area contributed by atoms with Crippen LogP contribution in [0.2, 0.25) is 0 Å². The number of rotatable bonds is 5. The maximum atomic E-state index is 12.0. The zero-order chi connectivity index (χ0) is 22.0. The number of nitrogen functional groups attached to an aromatic ring is 1. The Balaban J connectivity index is 1.71. The Morgan fingerprint density at radius 3 is 2.48 bits per heavy atom. The standard InChI is InChI=1S/C21H25N7O3/c1-4-17(29)27-7-9-28(10-8-27)20-18-19(25-21(22)26-20)23-12-14(24-18)13-5-6-15(30-2)16(11-13)31-3/h5-6,11-12H,4,7-10H2,1-3H3,(H2,22,23,25,26). The number of fused-ring (bicyclic) bond motifs is 1. The SMILES string of the molecule is CCC(=O)N1CCN(c2nc(N)nc3ncc(-c4ccc(OC)c(OC)c4)nc23)CC1. The number of anilines is 2. The first kappa shape index (κ1) is 20.6. The molecule has 1 aliphatic heterocycles. The van der Waals surface area contributed by atoms with Crippen molar-refractivity contribution in [2.45, 2.75) is 13.3 Å². The molecule has 0 atom stereocenters. The normalized spacial score (nSPS) is 14.0. The third-order valence-corrected chi connectivity index (χ3v) is 5.32. The van der Waals surface area contributed by atoms with Gasteiger partial charge in [0.1, 0.15) is 0 Å². The molecular weight excluding hydrogens is 398 g/mol. The van der Waals surface area contributed by atoms with Crippen LogP contribution < -0.4 is 20.1 Å². The third-order valence-electron chi connectivity index (χ3n) is 5.32. The molecule has 4 rings (SSSR count). The Morgan fingerprint density at radius 2 is 1.81 bits per heavy atom. The van der Waals surface area contributed by atoms with Gasteiger partial charge in [0.05, 0.1) is 26.1 Å². The van der Waals surface area contributed by atoms with Gasteiger partial charge in [-0.3, -0.25) is 4.79 Å². The van der Waals surface area contributed by atoms with Crippen molar-refractivity contribution >= 4 is 28.8 Å². The number of nitrogens with zero attached hydrogens (tertiary/aromatic N) is 6. The molecule has 162 valence electrons. The van der Waals surface area contributed by atoms with Crippen molar-refractivity contribution in [3.05, 3.63) is 24.4 Å². The fraction of sp³-hybridized carbons (Fsp3) is 0.381. The Morgan fingerprint density at radius 1 is 1.06 bits per heavy atom. The van der Waals surface area contributed by atoms with E-state index in [4.69, 9.17) is 20.2 Å². The monoisotopic (exact) mass is 423 g/mol. The second-order valence-electron chi connectivity index (χ2n) is 7.12. The molecule has 3 heterocycles. The summed E-state index contributed by atoms with van der Waals surface area (Å²) in [6.07, 6.45) is 2.15. The van der Waals surface area contributed by atoms with Gasteiger partial charge in [-0.05, 0) is 18.2 Å². The molecule has 0 bridgehead atoms. The van der Waals surface area contributed by atoms with Gasteiger partial charge in [0.15, 0.2) is 28.5 Å². The molecule has 1 amide bonds. The van der Waals surface area contributed by atoms with E-state index in [2.05, 4.69) is 19.9 Å². The van der Waals surface area contributed by atoms with Gasteiger partial charge in [-0.1, -0.05) is 6.92 Å². The number of ether oxygens (including phenoxy) is 2. The minimum absolute atomic E-state index is 0.141. The number of carbonyl (C=O) groups excluding carboxylic acids is 1. The van der Waals surface area contributed by atoms with E-state index in [-0.39, 0.29) is 11.9 Å². The van der Waals surface area contributed by atoms with Crippen LogP contribution in [-0.2, 0) is 4.79 Å². The van der Waals surface area contributed by atoms with E-state index in [0.29, 0.717) is 66.8 Å². The maximum Gasteiger partial charge on any atom is 0.224 e. The Labute approximate surface area is 180 Å². The van der Waals surface area contributed by atoms with E-state index in [1.165, 1.54) is 0 Å². The Bertz CT molecular complexity index is 1110. The second-order valence-corrected chi connectivity index (χ2v) is 7.12. The van der Waals surface area contributed by atoms with Crippen LogP contribution in [0.25, 0.3) is 22.4 Å². The van der Waals surface area contributed by atoms with Crippen molar-refractivity contribution in [3.63, 3.8) is 0 Å². The summed E-state index contributed by atoms with van der Waals surface area (Å²) in [4.78, 5) is 33.9. The first-order valence-corrected chi connectivity index (χ1v) is 10.1. The van der Waals surface area contributed by atoms with E-state index in [9.17, 15) is 4.79 Å². The summed E-state index contributed by atoms with van der Waals surface area (Å²) in [5, 5.41) is 0. The van der Waals surface area contributed by atoms with Crippen molar-refractivity contribution in [2.75, 3.05) is 51.0 Å². The van der Waals surface area contributed by atoms with Crippen molar-refractivity contribution < 1.29 is 14.3 Å². The predicted octanol–water partition coefficient (Wildman–Crippen LogP) is 1.74. The van der Waals surface area contributed by atoms with Crippen molar-refractivity contribution in [1.82, 2.24) is 24.8 Å². The number of hydrogen-bond donors (Lipinski definition) is 1. The molecule has 10 nitrogen and oxygen atoms in total. The lowest BCUT2D eigenvalue weighted by Crippen LogP contribution is -2.49. The number of carbonyl (C=O) groups is 1. The van der Waals surface area contributed by atoms with Crippen LogP contribution in [0.3, 0.4) is 0 Å². The molecule has 0 unspecified atom stereocenters. The molecule has 0 radical (unpaired) electrons. The molecule has 10 heteroatoms. The van der Waals surface area contributed by atoms with Crippen molar-refractivity contribution in [1.29, 1.82) is 0 Å². The summed E-state index contributed by atoms with van der Waals surface area (Å²) in [5.41, 5.74) is 8.41. The molecule has 31 heavy (non-hydrogen) atoms. The van der Waals surface area contributed by atoms with Crippen LogP contribution >= 0.6 is 0 Å². The van der Waals surface area contributed by atoms with Crippen LogP contribution in [0.4, 0.5) is 11.8 Å². The fourth-order valence-corrected chi connectivity index (χ4v) is 3.66. The topological polar surface area (TPSA) is 120 Å². The number of aromatic nitrogens is 4. The van der Waals surface area contributed by atoms with Crippen LogP contribution in [0.1, 0.15) is 13.3 Å². The van der Waals surface area contributed by atoms with Gasteiger partial charge >= 0.3 is 0 Å². The zero-order valence-corrected chi connectivity index (χ0v) is 17.8. The lowest BCUT2D eigenvalue weighted by molar-refractivity contribution is -0.131.